The molecule has 0 saturated carbocycles. The first kappa shape index (κ1) is 41.3. The Balaban J connectivity index is 3.17. The van der Waals surface area contributed by atoms with Crippen LogP contribution in [0.2, 0.25) is 0 Å². The van der Waals surface area contributed by atoms with Crippen LogP contribution in [0, 0.1) is 12.3 Å². The maximum absolute atomic E-state index is 12.9. The molecule has 1 saturated heterocycles. The van der Waals surface area contributed by atoms with Gasteiger partial charge in [0, 0.05) is 65.3 Å². The van der Waals surface area contributed by atoms with Gasteiger partial charge in [0.05, 0.1) is 26.2 Å². The van der Waals surface area contributed by atoms with Crippen LogP contribution >= 0.6 is 0 Å². The van der Waals surface area contributed by atoms with Crippen LogP contribution in [-0.4, -0.2) is 145 Å². The molecule has 0 radical (unpaired) electrons. The SMILES string of the molecule is C#CCCCCNC(=O)CN1CCN(CC(=O)OC(C)(C)C)CCN(CC(=O)OC(C)(C)C)CCN(CC(=O)OC(C)(C)C)CC1. The van der Waals surface area contributed by atoms with Crippen LogP contribution in [0.3, 0.4) is 0 Å². The normalized spacial score (nSPS) is 17.2. The third kappa shape index (κ3) is 21.9. The molecule has 0 unspecified atom stereocenters. The highest BCUT2D eigenvalue weighted by molar-refractivity contribution is 5.78. The first-order valence-electron chi connectivity index (χ1n) is 16.5. The van der Waals surface area contributed by atoms with Gasteiger partial charge in [0.2, 0.25) is 5.91 Å². The Morgan fingerprint density at radius 1 is 0.565 bits per heavy atom. The number of hydrogen-bond donors (Lipinski definition) is 1. The molecule has 1 N–H and O–H groups in total. The Labute approximate surface area is 277 Å². The van der Waals surface area contributed by atoms with Crippen LogP contribution in [0.25, 0.3) is 0 Å². The monoisotopic (exact) mass is 651 g/mol. The fourth-order valence-electron chi connectivity index (χ4n) is 4.72. The number of amides is 1. The fourth-order valence-corrected chi connectivity index (χ4v) is 4.72. The molecule has 0 aromatic rings. The number of ether oxygens (including phenoxy) is 3. The smallest absolute Gasteiger partial charge is 0.320 e. The van der Waals surface area contributed by atoms with Crippen LogP contribution in [0.5, 0.6) is 0 Å². The van der Waals surface area contributed by atoms with Crippen molar-refractivity contribution in [2.24, 2.45) is 0 Å². The minimum absolute atomic E-state index is 0.0749. The van der Waals surface area contributed by atoms with Gasteiger partial charge in [-0.05, 0) is 75.2 Å². The zero-order chi connectivity index (χ0) is 35.0. The Bertz CT molecular complexity index is 961. The van der Waals surface area contributed by atoms with Gasteiger partial charge in [-0.25, -0.2) is 0 Å². The summed E-state index contributed by atoms with van der Waals surface area (Å²) in [5.74, 6) is 1.51. The summed E-state index contributed by atoms with van der Waals surface area (Å²) in [5.41, 5.74) is -1.85. The topological polar surface area (TPSA) is 121 Å². The minimum atomic E-state index is -0.619. The molecule has 1 fully saturated rings. The second-order valence-electron chi connectivity index (χ2n) is 14.9. The van der Waals surface area contributed by atoms with Gasteiger partial charge in [-0.1, -0.05) is 0 Å². The molecule has 0 aromatic carbocycles. The third-order valence-corrected chi connectivity index (χ3v) is 6.69. The van der Waals surface area contributed by atoms with E-state index in [4.69, 9.17) is 20.6 Å². The second-order valence-corrected chi connectivity index (χ2v) is 14.9. The van der Waals surface area contributed by atoms with E-state index in [0.29, 0.717) is 65.3 Å². The van der Waals surface area contributed by atoms with E-state index in [1.54, 1.807) is 0 Å². The van der Waals surface area contributed by atoms with Gasteiger partial charge in [-0.15, -0.1) is 12.3 Å². The van der Waals surface area contributed by atoms with Crippen molar-refractivity contribution in [2.75, 3.05) is 85.1 Å². The maximum atomic E-state index is 12.9. The number of unbranched alkanes of at least 4 members (excludes halogenated alkanes) is 2. The lowest BCUT2D eigenvalue weighted by molar-refractivity contribution is -0.158. The fraction of sp³-hybridized carbons (Fsp3) is 0.824. The predicted octanol–water partition coefficient (Wildman–Crippen LogP) is 2.15. The van der Waals surface area contributed by atoms with Crippen LogP contribution in [0.15, 0.2) is 0 Å². The lowest BCUT2D eigenvalue weighted by Crippen LogP contribution is -2.50. The van der Waals surface area contributed by atoms with Crippen molar-refractivity contribution in [1.82, 2.24) is 24.9 Å². The molecule has 1 amide bonds. The van der Waals surface area contributed by atoms with Gasteiger partial charge in [-0.3, -0.25) is 38.8 Å². The van der Waals surface area contributed by atoms with E-state index in [0.717, 1.165) is 12.8 Å². The largest absolute Gasteiger partial charge is 0.459 e. The van der Waals surface area contributed by atoms with Crippen molar-refractivity contribution < 1.29 is 33.4 Å². The third-order valence-electron chi connectivity index (χ3n) is 6.69. The van der Waals surface area contributed by atoms with Gasteiger partial charge in [0.25, 0.3) is 0 Å². The molecule has 0 aliphatic carbocycles. The molecule has 0 atom stereocenters. The van der Waals surface area contributed by atoms with Crippen molar-refractivity contribution in [3.63, 3.8) is 0 Å². The minimum Gasteiger partial charge on any atom is -0.459 e. The Morgan fingerprint density at radius 2 is 0.870 bits per heavy atom. The quantitative estimate of drug-likeness (QED) is 0.145. The van der Waals surface area contributed by atoms with Gasteiger partial charge in [0.15, 0.2) is 0 Å². The van der Waals surface area contributed by atoms with E-state index >= 15 is 0 Å². The van der Waals surface area contributed by atoms with Crippen molar-refractivity contribution in [2.45, 2.75) is 98.4 Å². The number of esters is 3. The average molecular weight is 652 g/mol. The van der Waals surface area contributed by atoms with Gasteiger partial charge >= 0.3 is 17.9 Å². The van der Waals surface area contributed by atoms with Gasteiger partial charge in [0.1, 0.15) is 16.8 Å². The molecule has 12 heteroatoms. The average Bonchev–Trinajstić information content (AvgIpc) is 2.86. The lowest BCUT2D eigenvalue weighted by Gasteiger charge is -2.34. The molecule has 0 bridgehead atoms. The first-order valence-corrected chi connectivity index (χ1v) is 16.5. The number of terminal acetylenes is 1. The second kappa shape index (κ2) is 19.8. The van der Waals surface area contributed by atoms with Gasteiger partial charge in [-0.2, -0.15) is 0 Å². The molecule has 1 heterocycles. The first-order chi connectivity index (χ1) is 21.2. The number of rotatable bonds is 12. The molecular weight excluding hydrogens is 590 g/mol. The predicted molar refractivity (Wildman–Crippen MR) is 179 cm³/mol. The number of nitrogens with zero attached hydrogens (tertiary/aromatic N) is 4. The highest BCUT2D eigenvalue weighted by Gasteiger charge is 2.26. The summed E-state index contributed by atoms with van der Waals surface area (Å²) in [6.07, 6.45) is 7.67. The molecule has 1 rings (SSSR count). The molecule has 1 aliphatic rings. The van der Waals surface area contributed by atoms with Crippen LogP contribution in [0.4, 0.5) is 0 Å². The number of nitrogens with one attached hydrogen (secondary N) is 1. The molecular formula is C34H61N5O7. The van der Waals surface area contributed by atoms with E-state index < -0.39 is 16.8 Å². The van der Waals surface area contributed by atoms with Crippen molar-refractivity contribution in [1.29, 1.82) is 0 Å². The van der Waals surface area contributed by atoms with E-state index in [1.807, 2.05) is 81.9 Å². The molecule has 0 aromatic heterocycles. The van der Waals surface area contributed by atoms with E-state index in [-0.39, 0.29) is 50.0 Å². The molecule has 0 spiro atoms. The summed E-state index contributed by atoms with van der Waals surface area (Å²) in [7, 11) is 0. The number of carbonyl (C=O) groups excluding carboxylic acids is 4. The highest BCUT2D eigenvalue weighted by Crippen LogP contribution is 2.11. The number of carbonyl (C=O) groups is 4. The zero-order valence-corrected chi connectivity index (χ0v) is 30.0. The standard InChI is InChI=1S/C34H61N5O7/c1-11-12-13-14-15-35-28(40)24-36-16-18-37(25-29(41)44-32(2,3)4)20-22-39(27-31(43)46-34(8,9)10)23-21-38(19-17-36)26-30(42)45-33(5,6)7/h1H,12-27H2,2-10H3,(H,35,40). The van der Waals surface area contributed by atoms with E-state index in [9.17, 15) is 19.2 Å². The summed E-state index contributed by atoms with van der Waals surface area (Å²) < 4.78 is 16.8. The van der Waals surface area contributed by atoms with Gasteiger partial charge < -0.3 is 19.5 Å². The summed E-state index contributed by atoms with van der Waals surface area (Å²) in [5, 5.41) is 2.98. The Hall–Kier alpha value is -2.72. The molecule has 12 nitrogen and oxygen atoms in total. The summed E-state index contributed by atoms with van der Waals surface area (Å²) in [6.45, 7) is 21.4. The Morgan fingerprint density at radius 3 is 1.15 bits per heavy atom. The summed E-state index contributed by atoms with van der Waals surface area (Å²) >= 11 is 0. The van der Waals surface area contributed by atoms with Crippen molar-refractivity contribution in [3.05, 3.63) is 0 Å². The lowest BCUT2D eigenvalue weighted by atomic mass is 10.2. The summed E-state index contributed by atoms with van der Waals surface area (Å²) in [6, 6.07) is 0. The van der Waals surface area contributed by atoms with Crippen LogP contribution in [-0.2, 0) is 33.4 Å². The van der Waals surface area contributed by atoms with Crippen LogP contribution < -0.4 is 5.32 Å². The van der Waals surface area contributed by atoms with E-state index in [1.165, 1.54) is 0 Å². The van der Waals surface area contributed by atoms with Crippen molar-refractivity contribution in [3.8, 4) is 12.3 Å². The summed E-state index contributed by atoms with van der Waals surface area (Å²) in [4.78, 5) is 59.4. The van der Waals surface area contributed by atoms with Crippen LogP contribution in [0.1, 0.15) is 81.6 Å². The maximum Gasteiger partial charge on any atom is 0.320 e. The molecule has 1 aliphatic heterocycles. The Kier molecular flexibility index (Phi) is 17.8. The molecule has 46 heavy (non-hydrogen) atoms. The molecule has 264 valence electrons. The highest BCUT2D eigenvalue weighted by atomic mass is 16.6. The number of hydrogen-bond acceptors (Lipinski definition) is 11. The van der Waals surface area contributed by atoms with Crippen molar-refractivity contribution >= 4 is 23.8 Å². The zero-order valence-electron chi connectivity index (χ0n) is 30.0. The van der Waals surface area contributed by atoms with E-state index in [2.05, 4.69) is 11.2 Å².